The zero-order chi connectivity index (χ0) is 7.28. The molecule has 0 spiro atoms. The van der Waals surface area contributed by atoms with Crippen molar-refractivity contribution in [1.82, 2.24) is 4.90 Å². The van der Waals surface area contributed by atoms with Gasteiger partial charge in [-0.15, -0.1) is 0 Å². The third-order valence-electron chi connectivity index (χ3n) is 1.19. The highest BCUT2D eigenvalue weighted by molar-refractivity contribution is 5.93. The number of nitrogens with zero attached hydrogens (tertiary/aromatic N) is 2. The Bertz CT molecular complexity index is 130. The Balaban J connectivity index is 3.83. The molecule has 0 aromatic rings. The normalized spacial score (nSPS) is 8.11. The van der Waals surface area contributed by atoms with E-state index in [1.54, 1.807) is 11.0 Å². The van der Waals surface area contributed by atoms with Gasteiger partial charge < -0.3 is 4.90 Å². The first-order valence-corrected chi connectivity index (χ1v) is 2.99. The number of hydrogen-bond donors (Lipinski definition) is 1. The van der Waals surface area contributed by atoms with E-state index in [0.29, 0.717) is 0 Å². The van der Waals surface area contributed by atoms with Gasteiger partial charge in [-0.2, -0.15) is 5.26 Å². The van der Waals surface area contributed by atoms with E-state index in [9.17, 15) is 0 Å². The van der Waals surface area contributed by atoms with Gasteiger partial charge in [0.25, 0.3) is 0 Å². The van der Waals surface area contributed by atoms with Crippen molar-refractivity contribution in [3.05, 3.63) is 0 Å². The second-order valence-corrected chi connectivity index (χ2v) is 1.63. The second kappa shape index (κ2) is 3.90. The smallest absolute Gasteiger partial charge is 0.201 e. The molecule has 9 heavy (non-hydrogen) atoms. The summed E-state index contributed by atoms with van der Waals surface area (Å²) in [5.41, 5.74) is 0. The summed E-state index contributed by atoms with van der Waals surface area (Å²) >= 11 is 0. The molecule has 0 saturated heterocycles. The summed E-state index contributed by atoms with van der Waals surface area (Å²) in [7, 11) is 0. The van der Waals surface area contributed by atoms with Crippen LogP contribution in [0.1, 0.15) is 13.8 Å². The average Bonchev–Trinajstić information content (AvgIpc) is 1.90. The van der Waals surface area contributed by atoms with Crippen molar-refractivity contribution >= 4 is 5.84 Å². The molecule has 0 aliphatic carbocycles. The monoisotopic (exact) mass is 125 g/mol. The van der Waals surface area contributed by atoms with E-state index in [2.05, 4.69) is 0 Å². The number of hydrogen-bond acceptors (Lipinski definition) is 2. The highest BCUT2D eigenvalue weighted by Gasteiger charge is 2.00. The number of nitriles is 1. The highest BCUT2D eigenvalue weighted by Crippen LogP contribution is 1.85. The molecular weight excluding hydrogens is 114 g/mol. The predicted molar refractivity (Wildman–Crippen MR) is 36.3 cm³/mol. The summed E-state index contributed by atoms with van der Waals surface area (Å²) in [4.78, 5) is 1.69. The third-order valence-corrected chi connectivity index (χ3v) is 1.19. The zero-order valence-electron chi connectivity index (χ0n) is 5.81. The Kier molecular flexibility index (Phi) is 3.45. The van der Waals surface area contributed by atoms with Crippen LogP contribution in [-0.4, -0.2) is 23.8 Å². The minimum Gasteiger partial charge on any atom is -0.349 e. The first-order valence-electron chi connectivity index (χ1n) is 2.99. The first kappa shape index (κ1) is 7.96. The van der Waals surface area contributed by atoms with Crippen molar-refractivity contribution in [2.24, 2.45) is 0 Å². The Morgan fingerprint density at radius 3 is 2.11 bits per heavy atom. The Hall–Kier alpha value is -1.04. The van der Waals surface area contributed by atoms with Gasteiger partial charge in [0, 0.05) is 13.1 Å². The van der Waals surface area contributed by atoms with Gasteiger partial charge in [0.05, 0.1) is 0 Å². The van der Waals surface area contributed by atoms with E-state index in [1.165, 1.54) is 0 Å². The van der Waals surface area contributed by atoms with Crippen LogP contribution < -0.4 is 0 Å². The molecule has 0 heterocycles. The van der Waals surface area contributed by atoms with Gasteiger partial charge in [-0.3, -0.25) is 5.41 Å². The molecule has 0 aromatic carbocycles. The van der Waals surface area contributed by atoms with Gasteiger partial charge in [-0.05, 0) is 13.8 Å². The Morgan fingerprint density at radius 1 is 1.56 bits per heavy atom. The lowest BCUT2D eigenvalue weighted by Crippen LogP contribution is -2.28. The lowest BCUT2D eigenvalue weighted by molar-refractivity contribution is 0.466. The van der Waals surface area contributed by atoms with Crippen LogP contribution in [0.5, 0.6) is 0 Å². The van der Waals surface area contributed by atoms with Crippen LogP contribution in [-0.2, 0) is 0 Å². The largest absolute Gasteiger partial charge is 0.349 e. The Labute approximate surface area is 55.4 Å². The molecule has 0 saturated carbocycles. The molecule has 3 heteroatoms. The lowest BCUT2D eigenvalue weighted by Gasteiger charge is -2.15. The number of rotatable bonds is 2. The summed E-state index contributed by atoms with van der Waals surface area (Å²) < 4.78 is 0. The van der Waals surface area contributed by atoms with E-state index in [4.69, 9.17) is 10.7 Å². The van der Waals surface area contributed by atoms with Crippen LogP contribution in [0.25, 0.3) is 0 Å². The van der Waals surface area contributed by atoms with E-state index in [0.717, 1.165) is 13.1 Å². The quantitative estimate of drug-likeness (QED) is 0.439. The Morgan fingerprint density at radius 2 is 2.00 bits per heavy atom. The molecule has 0 aliphatic heterocycles. The van der Waals surface area contributed by atoms with Crippen molar-refractivity contribution < 1.29 is 0 Å². The molecule has 0 fully saturated rings. The predicted octanol–water partition coefficient (Wildman–Crippen LogP) is 0.829. The maximum Gasteiger partial charge on any atom is 0.201 e. The van der Waals surface area contributed by atoms with Crippen molar-refractivity contribution in [2.45, 2.75) is 13.8 Å². The van der Waals surface area contributed by atoms with Gasteiger partial charge in [-0.25, -0.2) is 0 Å². The van der Waals surface area contributed by atoms with Crippen LogP contribution >= 0.6 is 0 Å². The van der Waals surface area contributed by atoms with Gasteiger partial charge in [0.2, 0.25) is 5.84 Å². The topological polar surface area (TPSA) is 50.9 Å². The first-order chi connectivity index (χ1) is 4.26. The fraction of sp³-hybridized carbons (Fsp3) is 0.667. The average molecular weight is 125 g/mol. The molecule has 0 aromatic heterocycles. The van der Waals surface area contributed by atoms with Gasteiger partial charge in [0.1, 0.15) is 6.07 Å². The SMILES string of the molecule is CCN(CC)C(=N)C#N. The molecule has 0 bridgehead atoms. The fourth-order valence-corrected chi connectivity index (χ4v) is 0.611. The van der Waals surface area contributed by atoms with Gasteiger partial charge in [0.15, 0.2) is 0 Å². The van der Waals surface area contributed by atoms with Crippen LogP contribution in [0, 0.1) is 16.7 Å². The molecule has 0 aliphatic rings. The number of amidine groups is 1. The maximum absolute atomic E-state index is 8.25. The van der Waals surface area contributed by atoms with E-state index in [-0.39, 0.29) is 5.84 Å². The maximum atomic E-state index is 8.25. The van der Waals surface area contributed by atoms with Crippen LogP contribution in [0.4, 0.5) is 0 Å². The van der Waals surface area contributed by atoms with Crippen molar-refractivity contribution in [3.8, 4) is 6.07 Å². The van der Waals surface area contributed by atoms with Crippen molar-refractivity contribution in [1.29, 1.82) is 10.7 Å². The minimum absolute atomic E-state index is 0.0556. The van der Waals surface area contributed by atoms with Gasteiger partial charge in [-0.1, -0.05) is 0 Å². The second-order valence-electron chi connectivity index (χ2n) is 1.63. The standard InChI is InChI=1S/C6H11N3/c1-3-9(4-2)6(8)5-7/h8H,3-4H2,1-2H3. The molecule has 50 valence electrons. The molecule has 0 amide bonds. The molecule has 1 N–H and O–H groups in total. The van der Waals surface area contributed by atoms with E-state index < -0.39 is 0 Å². The van der Waals surface area contributed by atoms with Crippen LogP contribution in [0.2, 0.25) is 0 Å². The van der Waals surface area contributed by atoms with E-state index >= 15 is 0 Å². The van der Waals surface area contributed by atoms with Crippen LogP contribution in [0.15, 0.2) is 0 Å². The molecule has 0 unspecified atom stereocenters. The molecule has 0 atom stereocenters. The fourth-order valence-electron chi connectivity index (χ4n) is 0.611. The van der Waals surface area contributed by atoms with Crippen LogP contribution in [0.3, 0.4) is 0 Å². The van der Waals surface area contributed by atoms with Gasteiger partial charge >= 0.3 is 0 Å². The van der Waals surface area contributed by atoms with Crippen molar-refractivity contribution in [2.75, 3.05) is 13.1 Å². The number of nitrogens with one attached hydrogen (secondary N) is 1. The lowest BCUT2D eigenvalue weighted by atomic mass is 10.5. The summed E-state index contributed by atoms with van der Waals surface area (Å²) in [5.74, 6) is 0.0556. The van der Waals surface area contributed by atoms with Crippen molar-refractivity contribution in [3.63, 3.8) is 0 Å². The summed E-state index contributed by atoms with van der Waals surface area (Å²) in [6.45, 7) is 5.33. The molecule has 0 radical (unpaired) electrons. The summed E-state index contributed by atoms with van der Waals surface area (Å²) in [5, 5.41) is 15.3. The summed E-state index contributed by atoms with van der Waals surface area (Å²) in [6.07, 6.45) is 0. The minimum atomic E-state index is 0.0556. The zero-order valence-corrected chi connectivity index (χ0v) is 5.81. The summed E-state index contributed by atoms with van der Waals surface area (Å²) in [6, 6.07) is 1.78. The highest BCUT2D eigenvalue weighted by atomic mass is 15.1. The molecule has 3 nitrogen and oxygen atoms in total. The molecular formula is C6H11N3. The molecule has 0 rings (SSSR count). The van der Waals surface area contributed by atoms with E-state index in [1.807, 2.05) is 13.8 Å². The third kappa shape index (κ3) is 2.13.